The van der Waals surface area contributed by atoms with E-state index in [0.717, 1.165) is 33.2 Å². The smallest absolute Gasteiger partial charge is 0.170 e. The van der Waals surface area contributed by atoms with Gasteiger partial charge in [0, 0.05) is 20.4 Å². The highest BCUT2D eigenvalue weighted by Gasteiger charge is 2.30. The van der Waals surface area contributed by atoms with Gasteiger partial charge in [0.05, 0.1) is 0 Å². The summed E-state index contributed by atoms with van der Waals surface area (Å²) in [5, 5.41) is 2.71. The third-order valence-electron chi connectivity index (χ3n) is 3.63. The van der Waals surface area contributed by atoms with Crippen LogP contribution in [0.5, 0.6) is 0 Å². The van der Waals surface area contributed by atoms with Crippen molar-refractivity contribution in [2.24, 2.45) is 0 Å². The van der Waals surface area contributed by atoms with Crippen LogP contribution < -0.4 is 10.6 Å². The van der Waals surface area contributed by atoms with Crippen molar-refractivity contribution in [3.63, 3.8) is 0 Å². The maximum Gasteiger partial charge on any atom is 0.170 e. The minimum atomic E-state index is -2.78. The Kier molecular flexibility index (Phi) is 4.28. The van der Waals surface area contributed by atoms with E-state index < -0.39 is 7.14 Å². The Morgan fingerprint density at radius 2 is 1.67 bits per heavy atom. The second kappa shape index (κ2) is 6.17. The molecule has 2 aromatic carbocycles. The van der Waals surface area contributed by atoms with Gasteiger partial charge in [-0.2, -0.15) is 0 Å². The lowest BCUT2D eigenvalue weighted by molar-refractivity contribution is 0.591. The minimum absolute atomic E-state index is 0.876. The van der Waals surface area contributed by atoms with Gasteiger partial charge in [-0.1, -0.05) is 76.6 Å². The average Bonchev–Trinajstić information content (AvgIpc) is 2.56. The zero-order valence-electron chi connectivity index (χ0n) is 11.6. The molecule has 3 heteroatoms. The standard InChI is InChI=1S/C18H16BrOP/c19-15-8-7-13-18(14-15)21(20,16-9-3-1-4-10-16)17-11-5-2-6-12-17/h1,3-5,7-14H,2,6H2. The first-order valence-corrected chi connectivity index (χ1v) is 9.50. The Bertz CT molecular complexity index is 747. The third-order valence-corrected chi connectivity index (χ3v) is 7.21. The molecule has 1 aliphatic carbocycles. The number of halogens is 1. The zero-order chi connectivity index (χ0) is 14.7. The predicted molar refractivity (Wildman–Crippen MR) is 93.9 cm³/mol. The molecular weight excluding hydrogens is 343 g/mol. The Morgan fingerprint density at radius 1 is 0.905 bits per heavy atom. The fourth-order valence-electron chi connectivity index (χ4n) is 2.59. The van der Waals surface area contributed by atoms with Crippen LogP contribution >= 0.6 is 23.1 Å². The molecule has 0 heterocycles. The second-order valence-electron chi connectivity index (χ2n) is 5.03. The first-order valence-electron chi connectivity index (χ1n) is 7.00. The number of hydrogen-bond acceptors (Lipinski definition) is 1. The van der Waals surface area contributed by atoms with Gasteiger partial charge in [0.25, 0.3) is 0 Å². The number of allylic oxidation sites excluding steroid dienone is 4. The number of hydrogen-bond donors (Lipinski definition) is 0. The lowest BCUT2D eigenvalue weighted by atomic mass is 10.2. The summed E-state index contributed by atoms with van der Waals surface area (Å²) in [5.74, 6) is 0. The van der Waals surface area contributed by atoms with Crippen molar-refractivity contribution >= 4 is 33.7 Å². The van der Waals surface area contributed by atoms with E-state index >= 15 is 0 Å². The molecular formula is C18H16BrOP. The highest BCUT2D eigenvalue weighted by molar-refractivity contribution is 9.10. The molecule has 21 heavy (non-hydrogen) atoms. The summed E-state index contributed by atoms with van der Waals surface area (Å²) in [6.07, 6.45) is 8.24. The van der Waals surface area contributed by atoms with Crippen molar-refractivity contribution in [3.05, 3.63) is 82.6 Å². The van der Waals surface area contributed by atoms with Crippen LogP contribution in [0.2, 0.25) is 0 Å². The summed E-state index contributed by atoms with van der Waals surface area (Å²) in [6, 6.07) is 17.6. The van der Waals surface area contributed by atoms with Gasteiger partial charge in [0.2, 0.25) is 0 Å². The molecule has 0 amide bonds. The summed E-state index contributed by atoms with van der Waals surface area (Å²) in [4.78, 5) is 0. The molecule has 1 aliphatic rings. The molecule has 0 aliphatic heterocycles. The molecule has 0 fully saturated rings. The molecule has 0 aromatic heterocycles. The largest absolute Gasteiger partial charge is 0.309 e. The van der Waals surface area contributed by atoms with Gasteiger partial charge in [0.15, 0.2) is 7.14 Å². The topological polar surface area (TPSA) is 17.1 Å². The van der Waals surface area contributed by atoms with Crippen LogP contribution in [-0.2, 0) is 4.57 Å². The summed E-state index contributed by atoms with van der Waals surface area (Å²) >= 11 is 3.49. The Hall–Kier alpha value is -1.37. The summed E-state index contributed by atoms with van der Waals surface area (Å²) in [6.45, 7) is 0. The molecule has 0 N–H and O–H groups in total. The van der Waals surface area contributed by atoms with Crippen LogP contribution in [-0.4, -0.2) is 0 Å². The van der Waals surface area contributed by atoms with Crippen molar-refractivity contribution in [1.29, 1.82) is 0 Å². The second-order valence-corrected chi connectivity index (χ2v) is 8.72. The normalized spacial score (nSPS) is 17.1. The Balaban J connectivity index is 2.23. The van der Waals surface area contributed by atoms with Gasteiger partial charge < -0.3 is 4.57 Å². The van der Waals surface area contributed by atoms with Crippen LogP contribution in [0.1, 0.15) is 12.8 Å². The molecule has 1 atom stereocenters. The van der Waals surface area contributed by atoms with E-state index in [4.69, 9.17) is 0 Å². The van der Waals surface area contributed by atoms with Crippen molar-refractivity contribution in [2.75, 3.05) is 0 Å². The first-order chi connectivity index (χ1) is 10.2. The highest BCUT2D eigenvalue weighted by atomic mass is 79.9. The van der Waals surface area contributed by atoms with Crippen molar-refractivity contribution in [2.45, 2.75) is 12.8 Å². The van der Waals surface area contributed by atoms with Gasteiger partial charge in [0.1, 0.15) is 0 Å². The van der Waals surface area contributed by atoms with Crippen LogP contribution in [0.15, 0.2) is 82.6 Å². The fourth-order valence-corrected chi connectivity index (χ4v) is 5.97. The number of benzene rings is 2. The zero-order valence-corrected chi connectivity index (χ0v) is 14.1. The SMILES string of the molecule is O=P(C1=CCCC=C1)(c1ccccc1)c1cccc(Br)c1. The molecule has 106 valence electrons. The lowest BCUT2D eigenvalue weighted by Gasteiger charge is -2.22. The third kappa shape index (κ3) is 2.84. The molecule has 3 rings (SSSR count). The maximum atomic E-state index is 14.0. The van der Waals surface area contributed by atoms with E-state index in [1.54, 1.807) is 0 Å². The van der Waals surface area contributed by atoms with E-state index in [0.29, 0.717) is 0 Å². The molecule has 1 unspecified atom stereocenters. The van der Waals surface area contributed by atoms with E-state index in [1.807, 2.05) is 60.7 Å². The number of rotatable bonds is 3. The van der Waals surface area contributed by atoms with Crippen molar-refractivity contribution in [1.82, 2.24) is 0 Å². The molecule has 0 saturated carbocycles. The molecule has 2 aromatic rings. The Morgan fingerprint density at radius 3 is 2.33 bits per heavy atom. The van der Waals surface area contributed by atoms with Crippen molar-refractivity contribution in [3.8, 4) is 0 Å². The Labute approximate surface area is 133 Å². The van der Waals surface area contributed by atoms with Gasteiger partial charge in [-0.05, 0) is 25.0 Å². The molecule has 0 saturated heterocycles. The molecule has 0 radical (unpaired) electrons. The minimum Gasteiger partial charge on any atom is -0.309 e. The fraction of sp³-hybridized carbons (Fsp3) is 0.111. The van der Waals surface area contributed by atoms with Crippen molar-refractivity contribution < 1.29 is 4.57 Å². The van der Waals surface area contributed by atoms with Gasteiger partial charge in [-0.25, -0.2) is 0 Å². The first kappa shape index (κ1) is 14.6. The van der Waals surface area contributed by atoms with E-state index in [1.165, 1.54) is 0 Å². The highest BCUT2D eigenvalue weighted by Crippen LogP contribution is 2.53. The van der Waals surface area contributed by atoms with E-state index in [-0.39, 0.29) is 0 Å². The average molecular weight is 359 g/mol. The summed E-state index contributed by atoms with van der Waals surface area (Å²) in [7, 11) is -2.78. The van der Waals surface area contributed by atoms with Gasteiger partial charge in [-0.15, -0.1) is 0 Å². The van der Waals surface area contributed by atoms with E-state index in [9.17, 15) is 4.57 Å². The quantitative estimate of drug-likeness (QED) is 0.705. The molecule has 0 spiro atoms. The summed E-state index contributed by atoms with van der Waals surface area (Å²) < 4.78 is 14.9. The molecule has 0 bridgehead atoms. The van der Waals surface area contributed by atoms with Crippen LogP contribution in [0, 0.1) is 0 Å². The van der Waals surface area contributed by atoms with Crippen LogP contribution in [0.3, 0.4) is 0 Å². The van der Waals surface area contributed by atoms with Gasteiger partial charge >= 0.3 is 0 Å². The maximum absolute atomic E-state index is 14.0. The lowest BCUT2D eigenvalue weighted by Crippen LogP contribution is -2.17. The molecule has 1 nitrogen and oxygen atoms in total. The van der Waals surface area contributed by atoms with Crippen LogP contribution in [0.25, 0.3) is 0 Å². The van der Waals surface area contributed by atoms with Crippen LogP contribution in [0.4, 0.5) is 0 Å². The summed E-state index contributed by atoms with van der Waals surface area (Å²) in [5.41, 5.74) is 0. The predicted octanol–water partition coefficient (Wildman–Crippen LogP) is 5.00. The monoisotopic (exact) mass is 358 g/mol. The van der Waals surface area contributed by atoms with E-state index in [2.05, 4.69) is 28.1 Å². The van der Waals surface area contributed by atoms with Gasteiger partial charge in [-0.3, -0.25) is 0 Å².